The number of rotatable bonds is 3. The number of methoxy groups -OCH3 is 1. The maximum Gasteiger partial charge on any atom is 0.122 e. The molecule has 96 valence electrons. The molecule has 0 amide bonds. The van der Waals surface area contributed by atoms with Gasteiger partial charge in [-0.25, -0.2) is 4.98 Å². The monoisotopic (exact) mass is 263 g/mol. The molecule has 1 atom stereocenters. The van der Waals surface area contributed by atoms with Gasteiger partial charge in [0.2, 0.25) is 0 Å². The van der Waals surface area contributed by atoms with E-state index in [1.165, 1.54) is 11.3 Å². The molecule has 1 heterocycles. The normalized spacial score (nSPS) is 12.5. The van der Waals surface area contributed by atoms with Crippen molar-refractivity contribution in [3.63, 3.8) is 0 Å². The molecular formula is C14H17NO2S. The van der Waals surface area contributed by atoms with Crippen molar-refractivity contribution in [3.05, 3.63) is 33.6 Å². The molecule has 4 heteroatoms. The fraction of sp³-hybridized carbons (Fsp3) is 0.357. The first-order chi connectivity index (χ1) is 8.52. The van der Waals surface area contributed by atoms with E-state index in [0.29, 0.717) is 0 Å². The lowest BCUT2D eigenvalue weighted by Gasteiger charge is -2.09. The Morgan fingerprint density at radius 2 is 2.00 bits per heavy atom. The van der Waals surface area contributed by atoms with Crippen LogP contribution in [0.15, 0.2) is 17.5 Å². The molecule has 0 saturated heterocycles. The van der Waals surface area contributed by atoms with Crippen molar-refractivity contribution in [2.75, 3.05) is 7.11 Å². The van der Waals surface area contributed by atoms with Crippen LogP contribution in [-0.2, 0) is 0 Å². The number of aliphatic hydroxyl groups is 1. The Morgan fingerprint density at radius 1 is 1.28 bits per heavy atom. The van der Waals surface area contributed by atoms with E-state index in [2.05, 4.69) is 11.1 Å². The molecule has 0 aliphatic heterocycles. The largest absolute Gasteiger partial charge is 0.496 e. The van der Waals surface area contributed by atoms with Crippen molar-refractivity contribution < 1.29 is 9.84 Å². The average Bonchev–Trinajstić information content (AvgIpc) is 2.81. The minimum atomic E-state index is -0.511. The Balaban J connectivity index is 2.46. The first-order valence-corrected chi connectivity index (χ1v) is 6.70. The van der Waals surface area contributed by atoms with Crippen molar-refractivity contribution in [1.82, 2.24) is 4.98 Å². The lowest BCUT2D eigenvalue weighted by atomic mass is 10.0. The van der Waals surface area contributed by atoms with E-state index in [4.69, 9.17) is 4.74 Å². The van der Waals surface area contributed by atoms with Gasteiger partial charge in [0.05, 0.1) is 12.8 Å². The summed E-state index contributed by atoms with van der Waals surface area (Å²) in [5.74, 6) is 0.891. The van der Waals surface area contributed by atoms with Crippen LogP contribution >= 0.6 is 11.3 Å². The Hall–Kier alpha value is -1.39. The molecule has 2 rings (SSSR count). The smallest absolute Gasteiger partial charge is 0.122 e. The molecule has 1 unspecified atom stereocenters. The third kappa shape index (κ3) is 2.40. The van der Waals surface area contributed by atoms with Crippen LogP contribution in [0.5, 0.6) is 5.75 Å². The molecular weight excluding hydrogens is 246 g/mol. The number of benzene rings is 1. The number of aryl methyl sites for hydroxylation is 2. The van der Waals surface area contributed by atoms with Gasteiger partial charge in [0.15, 0.2) is 0 Å². The van der Waals surface area contributed by atoms with Crippen LogP contribution in [0.4, 0.5) is 0 Å². The topological polar surface area (TPSA) is 42.4 Å². The van der Waals surface area contributed by atoms with Gasteiger partial charge in [-0.1, -0.05) is 0 Å². The summed E-state index contributed by atoms with van der Waals surface area (Å²) in [7, 11) is 1.68. The second-order valence-corrected chi connectivity index (χ2v) is 5.27. The highest BCUT2D eigenvalue weighted by molar-refractivity contribution is 7.10. The van der Waals surface area contributed by atoms with Gasteiger partial charge in [0.25, 0.3) is 0 Å². The zero-order valence-electron chi connectivity index (χ0n) is 11.0. The van der Waals surface area contributed by atoms with Gasteiger partial charge in [-0.3, -0.25) is 0 Å². The van der Waals surface area contributed by atoms with Gasteiger partial charge in [0.1, 0.15) is 16.9 Å². The number of thiazole rings is 1. The minimum Gasteiger partial charge on any atom is -0.496 e. The van der Waals surface area contributed by atoms with Gasteiger partial charge >= 0.3 is 0 Å². The minimum absolute atomic E-state index is 0.511. The number of nitrogens with zero attached hydrogens (tertiary/aromatic N) is 1. The summed E-state index contributed by atoms with van der Waals surface area (Å²) >= 11 is 1.48. The number of hydrogen-bond donors (Lipinski definition) is 1. The van der Waals surface area contributed by atoms with Crippen molar-refractivity contribution in [1.29, 1.82) is 0 Å². The fourth-order valence-corrected chi connectivity index (χ4v) is 2.65. The van der Waals surface area contributed by atoms with E-state index >= 15 is 0 Å². The van der Waals surface area contributed by atoms with Gasteiger partial charge < -0.3 is 9.84 Å². The maximum absolute atomic E-state index is 9.52. The van der Waals surface area contributed by atoms with E-state index in [0.717, 1.165) is 33.1 Å². The van der Waals surface area contributed by atoms with Gasteiger partial charge in [-0.05, 0) is 44.0 Å². The summed E-state index contributed by atoms with van der Waals surface area (Å²) in [5.41, 5.74) is 4.22. The molecule has 3 nitrogen and oxygen atoms in total. The fourth-order valence-electron chi connectivity index (χ4n) is 1.89. The van der Waals surface area contributed by atoms with Crippen LogP contribution in [0.2, 0.25) is 0 Å². The van der Waals surface area contributed by atoms with Gasteiger partial charge in [0, 0.05) is 10.9 Å². The molecule has 1 aromatic heterocycles. The van der Waals surface area contributed by atoms with E-state index in [1.54, 1.807) is 14.0 Å². The SMILES string of the molecule is COc1cc(C)c(-c2csc(C(C)O)n2)cc1C. The van der Waals surface area contributed by atoms with Crippen LogP contribution in [0, 0.1) is 13.8 Å². The van der Waals surface area contributed by atoms with Crippen LogP contribution < -0.4 is 4.74 Å². The lowest BCUT2D eigenvalue weighted by molar-refractivity contribution is 0.199. The van der Waals surface area contributed by atoms with E-state index in [9.17, 15) is 5.11 Å². The highest BCUT2D eigenvalue weighted by atomic mass is 32.1. The Kier molecular flexibility index (Phi) is 3.68. The molecule has 18 heavy (non-hydrogen) atoms. The van der Waals surface area contributed by atoms with Crippen LogP contribution in [-0.4, -0.2) is 17.2 Å². The maximum atomic E-state index is 9.52. The summed E-state index contributed by atoms with van der Waals surface area (Å²) in [6.07, 6.45) is -0.511. The molecule has 0 aliphatic rings. The van der Waals surface area contributed by atoms with Crippen molar-refractivity contribution in [2.45, 2.75) is 26.9 Å². The zero-order valence-corrected chi connectivity index (χ0v) is 11.8. The first-order valence-electron chi connectivity index (χ1n) is 5.82. The van der Waals surface area contributed by atoms with Crippen LogP contribution in [0.3, 0.4) is 0 Å². The Labute approximate surface area is 111 Å². The van der Waals surface area contributed by atoms with E-state index in [-0.39, 0.29) is 0 Å². The number of ether oxygens (including phenoxy) is 1. The Bertz CT molecular complexity index is 561. The second kappa shape index (κ2) is 5.08. The predicted octanol–water partition coefficient (Wildman–Crippen LogP) is 3.49. The lowest BCUT2D eigenvalue weighted by Crippen LogP contribution is -1.93. The summed E-state index contributed by atoms with van der Waals surface area (Å²) in [6, 6.07) is 4.10. The number of hydrogen-bond acceptors (Lipinski definition) is 4. The second-order valence-electron chi connectivity index (χ2n) is 4.38. The van der Waals surface area contributed by atoms with E-state index < -0.39 is 6.10 Å². The highest BCUT2D eigenvalue weighted by Gasteiger charge is 2.12. The summed E-state index contributed by atoms with van der Waals surface area (Å²) < 4.78 is 5.30. The first kappa shape index (κ1) is 13.1. The summed E-state index contributed by atoms with van der Waals surface area (Å²) in [5, 5.41) is 12.2. The molecule has 0 aliphatic carbocycles. The molecule has 2 aromatic rings. The number of aromatic nitrogens is 1. The van der Waals surface area contributed by atoms with Crippen LogP contribution in [0.1, 0.15) is 29.2 Å². The molecule has 1 aromatic carbocycles. The Morgan fingerprint density at radius 3 is 2.56 bits per heavy atom. The molecule has 0 saturated carbocycles. The predicted molar refractivity (Wildman–Crippen MR) is 74.2 cm³/mol. The van der Waals surface area contributed by atoms with Crippen molar-refractivity contribution >= 4 is 11.3 Å². The number of aliphatic hydroxyl groups excluding tert-OH is 1. The summed E-state index contributed by atoms with van der Waals surface area (Å²) in [6.45, 7) is 5.79. The molecule has 1 N–H and O–H groups in total. The van der Waals surface area contributed by atoms with E-state index in [1.807, 2.05) is 25.3 Å². The average molecular weight is 263 g/mol. The van der Waals surface area contributed by atoms with Gasteiger partial charge in [-0.2, -0.15) is 0 Å². The molecule has 0 fully saturated rings. The molecule has 0 radical (unpaired) electrons. The standard InChI is InChI=1S/C14H17NO2S/c1-8-6-13(17-4)9(2)5-11(8)12-7-18-14(15-12)10(3)16/h5-7,10,16H,1-4H3. The molecule has 0 spiro atoms. The third-order valence-corrected chi connectivity index (χ3v) is 3.91. The highest BCUT2D eigenvalue weighted by Crippen LogP contribution is 2.31. The third-order valence-electron chi connectivity index (χ3n) is 2.90. The van der Waals surface area contributed by atoms with Crippen molar-refractivity contribution in [3.8, 4) is 17.0 Å². The summed E-state index contributed by atoms with van der Waals surface area (Å²) in [4.78, 5) is 4.47. The van der Waals surface area contributed by atoms with Crippen LogP contribution in [0.25, 0.3) is 11.3 Å². The zero-order chi connectivity index (χ0) is 13.3. The molecule has 0 bridgehead atoms. The quantitative estimate of drug-likeness (QED) is 0.921. The van der Waals surface area contributed by atoms with Gasteiger partial charge in [-0.15, -0.1) is 11.3 Å². The van der Waals surface area contributed by atoms with Crippen molar-refractivity contribution in [2.24, 2.45) is 0 Å².